The second kappa shape index (κ2) is 17.8. The summed E-state index contributed by atoms with van der Waals surface area (Å²) in [6.07, 6.45) is -2.67. The lowest BCUT2D eigenvalue weighted by molar-refractivity contribution is -0.284. The molecule has 2 N–H and O–H groups in total. The maximum absolute atomic E-state index is 12.9. The van der Waals surface area contributed by atoms with E-state index in [-0.39, 0.29) is 30.4 Å². The number of amides is 1. The van der Waals surface area contributed by atoms with Crippen molar-refractivity contribution in [2.45, 2.75) is 64.0 Å². The van der Waals surface area contributed by atoms with Crippen molar-refractivity contribution in [3.05, 3.63) is 95.6 Å². The zero-order valence-electron chi connectivity index (χ0n) is 25.3. The average Bonchev–Trinajstić information content (AvgIpc) is 3.02. The molecular weight excluding hydrogens is 609 g/mol. The smallest absolute Gasteiger partial charge is 0.453 e. The number of phenols is 1. The van der Waals surface area contributed by atoms with E-state index in [0.29, 0.717) is 18.0 Å². The van der Waals surface area contributed by atoms with E-state index in [1.165, 1.54) is 17.3 Å². The van der Waals surface area contributed by atoms with Gasteiger partial charge in [-0.15, -0.1) is 0 Å². The number of unbranched alkanes of at least 4 members (excludes halogenated alkanes) is 3. The molecule has 0 saturated heterocycles. The van der Waals surface area contributed by atoms with Crippen LogP contribution in [0.3, 0.4) is 0 Å². The fourth-order valence-electron chi connectivity index (χ4n) is 4.78. The topological polar surface area (TPSA) is 58.6 Å². The van der Waals surface area contributed by atoms with E-state index in [1.807, 2.05) is 54.6 Å². The van der Waals surface area contributed by atoms with E-state index in [9.17, 15) is 31.9 Å². The van der Waals surface area contributed by atoms with E-state index in [2.05, 4.69) is 24.4 Å². The molecule has 0 atom stereocenters. The molecular formula is C35H40F5NO3S. The molecule has 0 spiro atoms. The normalized spacial score (nSPS) is 12.5. The number of hydrogen-bond acceptors (Lipinski definition) is 4. The fraction of sp³-hybridized carbons (Fsp3) is 0.400. The molecule has 3 aromatic rings. The van der Waals surface area contributed by atoms with E-state index in [0.717, 1.165) is 54.4 Å². The van der Waals surface area contributed by atoms with E-state index >= 15 is 0 Å². The van der Waals surface area contributed by atoms with Gasteiger partial charge < -0.3 is 15.2 Å². The Bertz CT molecular complexity index is 1340. The van der Waals surface area contributed by atoms with Gasteiger partial charge in [-0.1, -0.05) is 74.4 Å². The van der Waals surface area contributed by atoms with Crippen LogP contribution < -0.4 is 10.1 Å². The molecule has 45 heavy (non-hydrogen) atoms. The predicted octanol–water partition coefficient (Wildman–Crippen LogP) is 9.53. The van der Waals surface area contributed by atoms with Crippen molar-refractivity contribution >= 4 is 28.8 Å². The maximum atomic E-state index is 12.9. The molecule has 244 valence electrons. The molecule has 0 fully saturated rings. The number of nitrogens with one attached hydrogen (secondary N) is 1. The fourth-order valence-corrected chi connectivity index (χ4v) is 5.74. The van der Waals surface area contributed by atoms with E-state index < -0.39 is 18.5 Å². The molecule has 0 heterocycles. The molecule has 0 aliphatic heterocycles. The van der Waals surface area contributed by atoms with Crippen LogP contribution in [0.25, 0.3) is 11.1 Å². The first kappa shape index (κ1) is 35.9. The second-order valence-electron chi connectivity index (χ2n) is 10.6. The molecule has 1 amide bonds. The monoisotopic (exact) mass is 649 g/mol. The summed E-state index contributed by atoms with van der Waals surface area (Å²) in [4.78, 5) is 12.3. The van der Waals surface area contributed by atoms with Gasteiger partial charge in [-0.05, 0) is 89.3 Å². The minimum atomic E-state index is -5.48. The minimum absolute atomic E-state index is 0.117. The highest BCUT2D eigenvalue weighted by Gasteiger charge is 2.56. The van der Waals surface area contributed by atoms with Gasteiger partial charge in [0.25, 0.3) is 5.91 Å². The Morgan fingerprint density at radius 3 is 2.00 bits per heavy atom. The van der Waals surface area contributed by atoms with Crippen LogP contribution in [0.15, 0.2) is 78.9 Å². The number of aromatic hydroxyl groups is 1. The Balaban J connectivity index is 1.39. The molecule has 3 rings (SSSR count). The Hall–Kier alpha value is -3.53. The van der Waals surface area contributed by atoms with Crippen LogP contribution in [0.5, 0.6) is 11.5 Å². The quantitative estimate of drug-likeness (QED) is 0.0819. The molecule has 0 saturated carbocycles. The maximum Gasteiger partial charge on any atom is 0.453 e. The number of halogens is 5. The molecule has 4 nitrogen and oxygen atoms in total. The van der Waals surface area contributed by atoms with Crippen LogP contribution in [0.4, 0.5) is 22.0 Å². The summed E-state index contributed by atoms with van der Waals surface area (Å²) in [6, 6.07) is 24.9. The highest BCUT2D eigenvalue weighted by Crippen LogP contribution is 2.39. The van der Waals surface area contributed by atoms with Crippen molar-refractivity contribution < 1.29 is 36.6 Å². The highest BCUT2D eigenvalue weighted by molar-refractivity contribution is 7.99. The van der Waals surface area contributed by atoms with E-state index in [4.69, 9.17) is 4.74 Å². The number of carbonyl (C=O) groups excluding carboxylic acids is 1. The standard InChI is InChI=1S/C35H40F5NO3S/c1-2-31(26-11-6-5-7-12-26)33(27-13-17-29(42)18-14-27)28-15-19-30(20-16-28)44-25-32(43)41-22-8-3-4-9-23-45-24-10-21-34(36,37)35(38,39)40/h5-7,11-20,42H,2-4,8-10,21-25H2,1H3,(H,41,43). The third-order valence-electron chi connectivity index (χ3n) is 7.18. The number of allylic oxidation sites excluding steroid dienone is 1. The summed E-state index contributed by atoms with van der Waals surface area (Å²) in [5.41, 5.74) is 5.30. The first-order valence-corrected chi connectivity index (χ1v) is 16.3. The van der Waals surface area contributed by atoms with E-state index in [1.54, 1.807) is 12.1 Å². The zero-order valence-corrected chi connectivity index (χ0v) is 26.2. The number of phenolic OH excluding ortho intramolecular Hbond substituents is 1. The Kier molecular flexibility index (Phi) is 14.2. The lowest BCUT2D eigenvalue weighted by Gasteiger charge is -2.19. The number of carbonyl (C=O) groups is 1. The van der Waals surface area contributed by atoms with Crippen LogP contribution in [0.1, 0.15) is 68.6 Å². The summed E-state index contributed by atoms with van der Waals surface area (Å²) in [6.45, 7) is 2.50. The largest absolute Gasteiger partial charge is 0.508 e. The Morgan fingerprint density at radius 2 is 1.38 bits per heavy atom. The molecule has 3 aromatic carbocycles. The van der Waals surface area contributed by atoms with Gasteiger partial charge >= 0.3 is 12.1 Å². The number of hydrogen-bond donors (Lipinski definition) is 2. The van der Waals surface area contributed by atoms with Gasteiger partial charge in [0.05, 0.1) is 0 Å². The average molecular weight is 650 g/mol. The number of thioether (sulfide) groups is 1. The SMILES string of the molecule is CCC(=C(c1ccc(O)cc1)c1ccc(OCC(=O)NCCCCCCSCCCC(F)(F)C(F)(F)F)cc1)c1ccccc1. The summed E-state index contributed by atoms with van der Waals surface area (Å²) in [7, 11) is 0. The lowest BCUT2D eigenvalue weighted by Crippen LogP contribution is -2.36. The molecule has 10 heteroatoms. The van der Waals surface area contributed by atoms with Gasteiger partial charge in [0.1, 0.15) is 11.5 Å². The van der Waals surface area contributed by atoms with Gasteiger partial charge in [0.15, 0.2) is 6.61 Å². The summed E-state index contributed by atoms with van der Waals surface area (Å²) >= 11 is 1.38. The van der Waals surface area contributed by atoms with Crippen LogP contribution in [-0.4, -0.2) is 47.8 Å². The Morgan fingerprint density at radius 1 is 0.778 bits per heavy atom. The van der Waals surface area contributed by atoms with Crippen molar-refractivity contribution in [2.75, 3.05) is 24.7 Å². The van der Waals surface area contributed by atoms with Gasteiger partial charge in [-0.2, -0.15) is 33.7 Å². The minimum Gasteiger partial charge on any atom is -0.508 e. The summed E-state index contributed by atoms with van der Waals surface area (Å²) in [5.74, 6) is -3.11. The molecule has 0 aromatic heterocycles. The van der Waals surface area contributed by atoms with Crippen LogP contribution in [0.2, 0.25) is 0 Å². The van der Waals surface area contributed by atoms with Crippen LogP contribution in [-0.2, 0) is 4.79 Å². The first-order chi connectivity index (χ1) is 21.5. The van der Waals surface area contributed by atoms with Crippen molar-refractivity contribution in [3.63, 3.8) is 0 Å². The number of benzene rings is 3. The van der Waals surface area contributed by atoms with Gasteiger partial charge in [0, 0.05) is 13.0 Å². The van der Waals surface area contributed by atoms with Gasteiger partial charge in [0.2, 0.25) is 0 Å². The molecule has 0 aliphatic carbocycles. The lowest BCUT2D eigenvalue weighted by atomic mass is 9.88. The van der Waals surface area contributed by atoms with Crippen molar-refractivity contribution in [2.24, 2.45) is 0 Å². The third-order valence-corrected chi connectivity index (χ3v) is 8.33. The molecule has 0 bridgehead atoms. The van der Waals surface area contributed by atoms with Crippen molar-refractivity contribution in [1.82, 2.24) is 5.32 Å². The van der Waals surface area contributed by atoms with Gasteiger partial charge in [-0.25, -0.2) is 0 Å². The van der Waals surface area contributed by atoms with Crippen molar-refractivity contribution in [3.8, 4) is 11.5 Å². The zero-order chi connectivity index (χ0) is 32.7. The van der Waals surface area contributed by atoms with Crippen molar-refractivity contribution in [1.29, 1.82) is 0 Å². The summed E-state index contributed by atoms with van der Waals surface area (Å²) in [5, 5.41) is 12.7. The Labute approximate surface area is 266 Å². The number of rotatable bonds is 18. The first-order valence-electron chi connectivity index (χ1n) is 15.1. The molecule has 0 aliphatic rings. The molecule has 0 radical (unpaired) electrons. The van der Waals surface area contributed by atoms with Crippen LogP contribution >= 0.6 is 11.8 Å². The second-order valence-corrected chi connectivity index (χ2v) is 11.8. The van der Waals surface area contributed by atoms with Gasteiger partial charge in [-0.3, -0.25) is 4.79 Å². The third kappa shape index (κ3) is 11.7. The summed E-state index contributed by atoms with van der Waals surface area (Å²) < 4.78 is 67.9. The number of ether oxygens (including phenoxy) is 1. The van der Waals surface area contributed by atoms with Crippen LogP contribution in [0, 0.1) is 0 Å². The highest BCUT2D eigenvalue weighted by atomic mass is 32.2. The number of alkyl halides is 5. The predicted molar refractivity (Wildman–Crippen MR) is 172 cm³/mol. The molecule has 0 unspecified atom stereocenters.